The SMILES string of the molecule is CN(c1ccc(Cl)c2c(=O)n(C)ncc12)C1CC2(C1)CN(C(=O)OC(C)(C)C)C2. The van der Waals surface area contributed by atoms with Crippen molar-refractivity contribution in [3.8, 4) is 0 Å². The van der Waals surface area contributed by atoms with Gasteiger partial charge in [-0.2, -0.15) is 5.10 Å². The molecular weight excluding hydrogens is 392 g/mol. The van der Waals surface area contributed by atoms with E-state index in [-0.39, 0.29) is 17.1 Å². The molecular formula is C21H27ClN4O3. The van der Waals surface area contributed by atoms with Gasteiger partial charge < -0.3 is 14.5 Å². The van der Waals surface area contributed by atoms with Crippen LogP contribution in [0.15, 0.2) is 23.1 Å². The number of carbonyl (C=O) groups excluding carboxylic acids is 1. The van der Waals surface area contributed by atoms with Crippen LogP contribution < -0.4 is 10.5 Å². The van der Waals surface area contributed by atoms with Crippen LogP contribution in [-0.2, 0) is 11.8 Å². The first-order chi connectivity index (χ1) is 13.5. The van der Waals surface area contributed by atoms with Gasteiger partial charge in [-0.15, -0.1) is 0 Å². The van der Waals surface area contributed by atoms with Crippen LogP contribution in [0.5, 0.6) is 0 Å². The highest BCUT2D eigenvalue weighted by molar-refractivity contribution is 6.35. The molecule has 2 fully saturated rings. The van der Waals surface area contributed by atoms with Crippen LogP contribution >= 0.6 is 11.6 Å². The highest BCUT2D eigenvalue weighted by Gasteiger charge is 2.55. The number of nitrogens with zero attached hydrogens (tertiary/aromatic N) is 4. The van der Waals surface area contributed by atoms with E-state index in [9.17, 15) is 9.59 Å². The monoisotopic (exact) mass is 418 g/mol. The smallest absolute Gasteiger partial charge is 0.410 e. The number of benzene rings is 1. The molecule has 7 nitrogen and oxygen atoms in total. The zero-order valence-corrected chi connectivity index (χ0v) is 18.3. The number of anilines is 1. The number of aryl methyl sites for hydroxylation is 1. The third kappa shape index (κ3) is 3.45. The van der Waals surface area contributed by atoms with E-state index in [1.807, 2.05) is 33.9 Å². The summed E-state index contributed by atoms with van der Waals surface area (Å²) in [6, 6.07) is 4.08. The van der Waals surface area contributed by atoms with E-state index >= 15 is 0 Å². The molecule has 0 radical (unpaired) electrons. The van der Waals surface area contributed by atoms with Gasteiger partial charge in [0.2, 0.25) is 0 Å². The number of hydrogen-bond donors (Lipinski definition) is 0. The van der Waals surface area contributed by atoms with Gasteiger partial charge in [-0.1, -0.05) is 11.6 Å². The van der Waals surface area contributed by atoms with Gasteiger partial charge >= 0.3 is 6.09 Å². The summed E-state index contributed by atoms with van der Waals surface area (Å²) in [5, 5.41) is 5.88. The summed E-state index contributed by atoms with van der Waals surface area (Å²) < 4.78 is 6.75. The normalized spacial score (nSPS) is 18.5. The molecule has 2 aliphatic rings. The van der Waals surface area contributed by atoms with Crippen molar-refractivity contribution in [2.24, 2.45) is 12.5 Å². The third-order valence-electron chi connectivity index (χ3n) is 6.01. The molecule has 0 atom stereocenters. The topological polar surface area (TPSA) is 67.7 Å². The van der Waals surface area contributed by atoms with Gasteiger partial charge in [-0.3, -0.25) is 4.79 Å². The van der Waals surface area contributed by atoms with Crippen LogP contribution in [-0.4, -0.2) is 52.6 Å². The molecule has 1 aliphatic heterocycles. The molecule has 4 rings (SSSR count). The van der Waals surface area contributed by atoms with Gasteiger partial charge in [-0.25, -0.2) is 9.48 Å². The lowest BCUT2D eigenvalue weighted by Gasteiger charge is -2.60. The van der Waals surface area contributed by atoms with Crippen LogP contribution in [0.25, 0.3) is 10.8 Å². The molecule has 156 valence electrons. The number of fused-ring (bicyclic) bond motifs is 1. The van der Waals surface area contributed by atoms with Crippen molar-refractivity contribution in [3.05, 3.63) is 33.7 Å². The first-order valence-electron chi connectivity index (χ1n) is 9.85. The zero-order valence-electron chi connectivity index (χ0n) is 17.5. The minimum absolute atomic E-state index is 0.187. The maximum absolute atomic E-state index is 12.5. The zero-order chi connectivity index (χ0) is 21.1. The Kier molecular flexibility index (Phi) is 4.57. The quantitative estimate of drug-likeness (QED) is 0.747. The molecule has 2 aromatic rings. The van der Waals surface area contributed by atoms with Crippen molar-refractivity contribution in [2.45, 2.75) is 45.3 Å². The van der Waals surface area contributed by atoms with E-state index in [2.05, 4.69) is 10.00 Å². The number of rotatable bonds is 2. The van der Waals surface area contributed by atoms with Gasteiger partial charge in [0.15, 0.2) is 0 Å². The van der Waals surface area contributed by atoms with Crippen molar-refractivity contribution >= 4 is 34.2 Å². The molecule has 1 saturated heterocycles. The number of likely N-dealkylation sites (tertiary alicyclic amines) is 1. The average molecular weight is 419 g/mol. The molecule has 8 heteroatoms. The maximum Gasteiger partial charge on any atom is 0.410 e. The fraction of sp³-hybridized carbons (Fsp3) is 0.571. The molecule has 1 aliphatic carbocycles. The molecule has 1 aromatic carbocycles. The Balaban J connectivity index is 1.46. The largest absolute Gasteiger partial charge is 0.444 e. The fourth-order valence-corrected chi connectivity index (χ4v) is 4.73. The first kappa shape index (κ1) is 20.0. The summed E-state index contributed by atoms with van der Waals surface area (Å²) >= 11 is 6.30. The van der Waals surface area contributed by atoms with Crippen molar-refractivity contribution in [1.29, 1.82) is 0 Å². The van der Waals surface area contributed by atoms with Crippen LogP contribution in [0, 0.1) is 5.41 Å². The van der Waals surface area contributed by atoms with Gasteiger partial charge in [0.25, 0.3) is 5.56 Å². The van der Waals surface area contributed by atoms with Gasteiger partial charge in [0.1, 0.15) is 5.60 Å². The van der Waals surface area contributed by atoms with Gasteiger partial charge in [-0.05, 0) is 45.7 Å². The summed E-state index contributed by atoms with van der Waals surface area (Å²) in [6.45, 7) is 7.14. The van der Waals surface area contributed by atoms with Crippen molar-refractivity contribution in [1.82, 2.24) is 14.7 Å². The van der Waals surface area contributed by atoms with E-state index in [4.69, 9.17) is 16.3 Å². The van der Waals surface area contributed by atoms with Gasteiger partial charge in [0.05, 0.1) is 16.6 Å². The second-order valence-electron chi connectivity index (χ2n) is 9.44. The number of hydrogen-bond acceptors (Lipinski definition) is 5. The third-order valence-corrected chi connectivity index (χ3v) is 6.32. The summed E-state index contributed by atoms with van der Waals surface area (Å²) in [6.07, 6.45) is 3.48. The summed E-state index contributed by atoms with van der Waals surface area (Å²) in [5.74, 6) is 0. The molecule has 29 heavy (non-hydrogen) atoms. The number of amides is 1. The van der Waals surface area contributed by atoms with E-state index in [1.54, 1.807) is 24.2 Å². The lowest BCUT2D eigenvalue weighted by molar-refractivity contribution is -0.0774. The molecule has 1 saturated carbocycles. The number of halogens is 1. The second-order valence-corrected chi connectivity index (χ2v) is 9.85. The van der Waals surface area contributed by atoms with E-state index in [1.165, 1.54) is 4.68 Å². The summed E-state index contributed by atoms with van der Waals surface area (Å²) in [5.41, 5.74) is 0.479. The van der Waals surface area contributed by atoms with E-state index < -0.39 is 5.60 Å². The van der Waals surface area contributed by atoms with Crippen LogP contribution in [0.3, 0.4) is 0 Å². The molecule has 1 aromatic heterocycles. The summed E-state index contributed by atoms with van der Waals surface area (Å²) in [4.78, 5) is 28.7. The Bertz CT molecular complexity index is 1030. The fourth-order valence-electron chi connectivity index (χ4n) is 4.48. The molecule has 0 unspecified atom stereocenters. The highest BCUT2D eigenvalue weighted by atomic mass is 35.5. The second kappa shape index (κ2) is 6.62. The Morgan fingerprint density at radius 1 is 1.31 bits per heavy atom. The Morgan fingerprint density at radius 2 is 1.97 bits per heavy atom. The minimum atomic E-state index is -0.469. The molecule has 2 heterocycles. The first-order valence-corrected chi connectivity index (χ1v) is 10.2. The number of aromatic nitrogens is 2. The van der Waals surface area contributed by atoms with Crippen molar-refractivity contribution in [3.63, 3.8) is 0 Å². The molecule has 0 bridgehead atoms. The Labute approximate surface area is 175 Å². The lowest BCUT2D eigenvalue weighted by atomic mass is 9.60. The minimum Gasteiger partial charge on any atom is -0.444 e. The average Bonchev–Trinajstić information content (AvgIpc) is 2.54. The summed E-state index contributed by atoms with van der Waals surface area (Å²) in [7, 11) is 3.67. The predicted molar refractivity (Wildman–Crippen MR) is 114 cm³/mol. The predicted octanol–water partition coefficient (Wildman–Crippen LogP) is 3.42. The van der Waals surface area contributed by atoms with E-state index in [0.29, 0.717) is 16.5 Å². The van der Waals surface area contributed by atoms with Crippen molar-refractivity contribution in [2.75, 3.05) is 25.0 Å². The van der Waals surface area contributed by atoms with E-state index in [0.717, 1.165) is 37.0 Å². The number of ether oxygens (including phenoxy) is 1. The van der Waals surface area contributed by atoms with Gasteiger partial charge in [0, 0.05) is 49.7 Å². The van der Waals surface area contributed by atoms with Crippen LogP contribution in [0.2, 0.25) is 5.02 Å². The molecule has 1 amide bonds. The maximum atomic E-state index is 12.5. The standard InChI is InChI=1S/C21H27ClN4O3/c1-20(2,3)29-19(28)26-11-21(12-26)8-13(9-21)24(4)16-7-6-15(22)17-14(16)10-23-25(5)18(17)27/h6-7,10,13H,8-9,11-12H2,1-5H3. The Hall–Kier alpha value is -2.28. The highest BCUT2D eigenvalue weighted by Crippen LogP contribution is 2.51. The number of carbonyl (C=O) groups is 1. The Morgan fingerprint density at radius 3 is 2.59 bits per heavy atom. The van der Waals surface area contributed by atoms with Crippen molar-refractivity contribution < 1.29 is 9.53 Å². The van der Waals surface area contributed by atoms with Crippen LogP contribution in [0.4, 0.5) is 10.5 Å². The lowest BCUT2D eigenvalue weighted by Crippen LogP contribution is -2.67. The molecule has 0 N–H and O–H groups in total. The van der Waals surface area contributed by atoms with Crippen LogP contribution in [0.1, 0.15) is 33.6 Å². The molecule has 1 spiro atoms.